The fourth-order valence-corrected chi connectivity index (χ4v) is 2.62. The standard InChI is InChI=1S/C12H22F3N/c1-3-8-16-11(12(13,14)15)7-5-6-10(4-2)9-11/h10,16H,3-9H2,1-2H3. The maximum Gasteiger partial charge on any atom is 0.406 e. The minimum Gasteiger partial charge on any atom is -0.304 e. The zero-order valence-corrected chi connectivity index (χ0v) is 10.2. The number of alkyl halides is 3. The molecule has 0 spiro atoms. The Morgan fingerprint density at radius 3 is 2.50 bits per heavy atom. The van der Waals surface area contributed by atoms with Crippen LogP contribution >= 0.6 is 0 Å². The first-order valence-corrected chi connectivity index (χ1v) is 6.27. The highest BCUT2D eigenvalue weighted by Gasteiger charge is 2.55. The smallest absolute Gasteiger partial charge is 0.304 e. The van der Waals surface area contributed by atoms with E-state index in [1.165, 1.54) is 0 Å². The fourth-order valence-electron chi connectivity index (χ4n) is 2.62. The Morgan fingerprint density at radius 2 is 2.00 bits per heavy atom. The number of hydrogen-bond acceptors (Lipinski definition) is 1. The lowest BCUT2D eigenvalue weighted by atomic mass is 9.74. The summed E-state index contributed by atoms with van der Waals surface area (Å²) in [5.41, 5.74) is -1.61. The Morgan fingerprint density at radius 1 is 1.31 bits per heavy atom. The van der Waals surface area contributed by atoms with Gasteiger partial charge in [0.25, 0.3) is 0 Å². The Labute approximate surface area is 95.8 Å². The molecule has 0 heterocycles. The summed E-state index contributed by atoms with van der Waals surface area (Å²) >= 11 is 0. The number of rotatable bonds is 4. The third-order valence-electron chi connectivity index (χ3n) is 3.69. The summed E-state index contributed by atoms with van der Waals surface area (Å²) in [6, 6.07) is 0. The van der Waals surface area contributed by atoms with Crippen molar-refractivity contribution < 1.29 is 13.2 Å². The van der Waals surface area contributed by atoms with Crippen molar-refractivity contribution in [1.29, 1.82) is 0 Å². The van der Waals surface area contributed by atoms with Crippen LogP contribution in [0.15, 0.2) is 0 Å². The highest BCUT2D eigenvalue weighted by molar-refractivity contribution is 4.99. The summed E-state index contributed by atoms with van der Waals surface area (Å²) in [5.74, 6) is 0.222. The van der Waals surface area contributed by atoms with E-state index in [4.69, 9.17) is 0 Å². The third-order valence-corrected chi connectivity index (χ3v) is 3.69. The van der Waals surface area contributed by atoms with E-state index < -0.39 is 11.7 Å². The molecule has 0 radical (unpaired) electrons. The Hall–Kier alpha value is -0.250. The molecule has 0 aliphatic heterocycles. The van der Waals surface area contributed by atoms with Gasteiger partial charge in [0, 0.05) is 0 Å². The maximum absolute atomic E-state index is 13.2. The van der Waals surface area contributed by atoms with Crippen LogP contribution in [0.4, 0.5) is 13.2 Å². The van der Waals surface area contributed by atoms with Gasteiger partial charge in [-0.15, -0.1) is 0 Å². The van der Waals surface area contributed by atoms with Crippen LogP contribution in [0.5, 0.6) is 0 Å². The fraction of sp³-hybridized carbons (Fsp3) is 1.00. The van der Waals surface area contributed by atoms with Crippen LogP contribution in [-0.4, -0.2) is 18.3 Å². The average molecular weight is 237 g/mol. The molecule has 2 unspecified atom stereocenters. The molecule has 0 aromatic carbocycles. The van der Waals surface area contributed by atoms with Gasteiger partial charge in [-0.05, 0) is 31.7 Å². The molecule has 2 atom stereocenters. The van der Waals surface area contributed by atoms with E-state index in [1.807, 2.05) is 13.8 Å². The maximum atomic E-state index is 13.2. The van der Waals surface area contributed by atoms with Crippen molar-refractivity contribution in [1.82, 2.24) is 5.32 Å². The summed E-state index contributed by atoms with van der Waals surface area (Å²) in [5, 5.41) is 2.76. The lowest BCUT2D eigenvalue weighted by molar-refractivity contribution is -0.209. The van der Waals surface area contributed by atoms with E-state index in [2.05, 4.69) is 5.32 Å². The summed E-state index contributed by atoms with van der Waals surface area (Å²) in [6.07, 6.45) is -0.382. The molecule has 0 amide bonds. The van der Waals surface area contributed by atoms with E-state index in [9.17, 15) is 13.2 Å². The largest absolute Gasteiger partial charge is 0.406 e. The summed E-state index contributed by atoms with van der Waals surface area (Å²) in [6.45, 7) is 4.34. The van der Waals surface area contributed by atoms with Crippen LogP contribution in [0.2, 0.25) is 0 Å². The number of hydrogen-bond donors (Lipinski definition) is 1. The molecule has 0 aromatic heterocycles. The van der Waals surface area contributed by atoms with Crippen molar-refractivity contribution in [2.75, 3.05) is 6.54 Å². The second-order valence-electron chi connectivity index (χ2n) is 4.88. The molecule has 4 heteroatoms. The Kier molecular flexibility index (Phi) is 4.65. The molecule has 96 valence electrons. The normalized spacial score (nSPS) is 31.7. The van der Waals surface area contributed by atoms with E-state index in [0.29, 0.717) is 13.0 Å². The monoisotopic (exact) mass is 237 g/mol. The van der Waals surface area contributed by atoms with Gasteiger partial charge >= 0.3 is 6.18 Å². The molecule has 1 rings (SSSR count). The highest BCUT2D eigenvalue weighted by Crippen LogP contribution is 2.44. The molecule has 0 aromatic rings. The first-order chi connectivity index (χ1) is 7.45. The van der Waals surface area contributed by atoms with Gasteiger partial charge in [0.15, 0.2) is 0 Å². The molecule has 1 saturated carbocycles. The molecule has 0 bridgehead atoms. The lowest BCUT2D eigenvalue weighted by Crippen LogP contribution is -2.59. The highest BCUT2D eigenvalue weighted by atomic mass is 19.4. The van der Waals surface area contributed by atoms with Gasteiger partial charge in [-0.25, -0.2) is 0 Å². The molecule has 0 saturated heterocycles. The van der Waals surface area contributed by atoms with Crippen molar-refractivity contribution in [3.8, 4) is 0 Å². The minimum absolute atomic E-state index is 0.222. The van der Waals surface area contributed by atoms with Gasteiger partial charge in [0.05, 0.1) is 0 Å². The minimum atomic E-state index is -4.12. The van der Waals surface area contributed by atoms with Gasteiger partial charge in [0.2, 0.25) is 0 Å². The van der Waals surface area contributed by atoms with E-state index in [0.717, 1.165) is 19.3 Å². The summed E-state index contributed by atoms with van der Waals surface area (Å²) in [7, 11) is 0. The first kappa shape index (κ1) is 13.8. The van der Waals surface area contributed by atoms with Gasteiger partial charge < -0.3 is 5.32 Å². The Balaban J connectivity index is 2.77. The zero-order valence-electron chi connectivity index (χ0n) is 10.2. The van der Waals surface area contributed by atoms with Crippen molar-refractivity contribution in [2.24, 2.45) is 5.92 Å². The topological polar surface area (TPSA) is 12.0 Å². The molecule has 1 aliphatic carbocycles. The van der Waals surface area contributed by atoms with Crippen molar-refractivity contribution >= 4 is 0 Å². The van der Waals surface area contributed by atoms with Crippen LogP contribution < -0.4 is 5.32 Å². The SMILES string of the molecule is CCCNC1(C(F)(F)F)CCCC(CC)C1. The number of nitrogens with one attached hydrogen (secondary N) is 1. The molecule has 1 N–H and O–H groups in total. The van der Waals surface area contributed by atoms with Gasteiger partial charge in [-0.2, -0.15) is 13.2 Å². The molecule has 1 nitrogen and oxygen atoms in total. The van der Waals surface area contributed by atoms with Gasteiger partial charge in [-0.1, -0.05) is 33.1 Å². The van der Waals surface area contributed by atoms with Crippen LogP contribution in [0, 0.1) is 5.92 Å². The van der Waals surface area contributed by atoms with Crippen molar-refractivity contribution in [3.05, 3.63) is 0 Å². The van der Waals surface area contributed by atoms with Crippen LogP contribution in [0.1, 0.15) is 52.4 Å². The summed E-state index contributed by atoms with van der Waals surface area (Å²) in [4.78, 5) is 0. The average Bonchev–Trinajstić information content (AvgIpc) is 2.25. The zero-order chi connectivity index (χ0) is 12.2. The van der Waals surface area contributed by atoms with Crippen LogP contribution in [0.25, 0.3) is 0 Å². The van der Waals surface area contributed by atoms with E-state index in [1.54, 1.807) is 0 Å². The quantitative estimate of drug-likeness (QED) is 0.782. The second-order valence-corrected chi connectivity index (χ2v) is 4.88. The third kappa shape index (κ3) is 2.90. The van der Waals surface area contributed by atoms with E-state index >= 15 is 0 Å². The molecule has 16 heavy (non-hydrogen) atoms. The predicted molar refractivity (Wildman–Crippen MR) is 59.3 cm³/mol. The lowest BCUT2D eigenvalue weighted by Gasteiger charge is -2.42. The second kappa shape index (κ2) is 5.39. The van der Waals surface area contributed by atoms with Crippen molar-refractivity contribution in [2.45, 2.75) is 64.1 Å². The van der Waals surface area contributed by atoms with E-state index in [-0.39, 0.29) is 18.8 Å². The van der Waals surface area contributed by atoms with Gasteiger partial charge in [-0.3, -0.25) is 0 Å². The Bertz CT molecular complexity index is 215. The van der Waals surface area contributed by atoms with Gasteiger partial charge in [0.1, 0.15) is 5.54 Å². The molecular formula is C12H22F3N. The molecule has 1 aliphatic rings. The number of halogens is 3. The first-order valence-electron chi connectivity index (χ1n) is 6.27. The van der Waals surface area contributed by atoms with Crippen molar-refractivity contribution in [3.63, 3.8) is 0 Å². The van der Waals surface area contributed by atoms with Crippen LogP contribution in [-0.2, 0) is 0 Å². The van der Waals surface area contributed by atoms with Crippen LogP contribution in [0.3, 0.4) is 0 Å². The molecular weight excluding hydrogens is 215 g/mol. The molecule has 1 fully saturated rings. The summed E-state index contributed by atoms with van der Waals surface area (Å²) < 4.78 is 39.5. The predicted octanol–water partition coefficient (Wildman–Crippen LogP) is 3.89.